The van der Waals surface area contributed by atoms with E-state index in [2.05, 4.69) is 10.5 Å². The third kappa shape index (κ3) is 5.32. The van der Waals surface area contributed by atoms with Crippen LogP contribution in [0, 0.1) is 6.92 Å². The number of aromatic nitrogens is 1. The van der Waals surface area contributed by atoms with Crippen molar-refractivity contribution in [3.05, 3.63) is 47.2 Å². The normalized spacial score (nSPS) is 12.5. The Balaban J connectivity index is 2.20. The summed E-state index contributed by atoms with van der Waals surface area (Å²) in [6, 6.07) is 5.31. The minimum atomic E-state index is -4.56. The van der Waals surface area contributed by atoms with Crippen molar-refractivity contribution < 1.29 is 27.3 Å². The maximum absolute atomic E-state index is 12.9. The number of anilines is 1. The zero-order chi connectivity index (χ0) is 20.2. The van der Waals surface area contributed by atoms with Crippen molar-refractivity contribution in [2.75, 3.05) is 11.9 Å². The van der Waals surface area contributed by atoms with Crippen molar-refractivity contribution >= 4 is 17.6 Å². The lowest BCUT2D eigenvalue weighted by atomic mass is 10.1. The average molecular weight is 383 g/mol. The summed E-state index contributed by atoms with van der Waals surface area (Å²) in [4.78, 5) is 26.2. The van der Waals surface area contributed by atoms with Crippen LogP contribution < -0.4 is 5.32 Å². The number of aryl methyl sites for hydroxylation is 1. The van der Waals surface area contributed by atoms with Crippen molar-refractivity contribution in [3.63, 3.8) is 0 Å². The van der Waals surface area contributed by atoms with E-state index in [0.29, 0.717) is 12.2 Å². The molecule has 0 aliphatic heterocycles. The molecular weight excluding hydrogens is 363 g/mol. The predicted octanol–water partition coefficient (Wildman–Crippen LogP) is 3.88. The van der Waals surface area contributed by atoms with E-state index in [9.17, 15) is 22.8 Å². The van der Waals surface area contributed by atoms with Gasteiger partial charge >= 0.3 is 6.18 Å². The first-order chi connectivity index (χ1) is 12.6. The lowest BCUT2D eigenvalue weighted by Gasteiger charge is -2.28. The van der Waals surface area contributed by atoms with Crippen molar-refractivity contribution in [1.29, 1.82) is 0 Å². The number of amides is 2. The van der Waals surface area contributed by atoms with E-state index in [1.165, 1.54) is 23.1 Å². The van der Waals surface area contributed by atoms with Crippen LogP contribution in [-0.4, -0.2) is 34.5 Å². The molecule has 0 bridgehead atoms. The number of carbonyl (C=O) groups is 2. The van der Waals surface area contributed by atoms with Gasteiger partial charge in [-0.25, -0.2) is 0 Å². The Morgan fingerprint density at radius 3 is 2.56 bits per heavy atom. The summed E-state index contributed by atoms with van der Waals surface area (Å²) < 4.78 is 43.6. The average Bonchev–Trinajstić information content (AvgIpc) is 3.02. The van der Waals surface area contributed by atoms with Crippen molar-refractivity contribution in [2.24, 2.45) is 0 Å². The molecule has 0 aliphatic carbocycles. The minimum absolute atomic E-state index is 0.129. The van der Waals surface area contributed by atoms with Crippen LogP contribution in [0.15, 0.2) is 34.9 Å². The molecule has 1 heterocycles. The van der Waals surface area contributed by atoms with Gasteiger partial charge in [-0.15, -0.1) is 0 Å². The molecule has 0 saturated heterocycles. The highest BCUT2D eigenvalue weighted by Crippen LogP contribution is 2.30. The second kappa shape index (κ2) is 8.24. The van der Waals surface area contributed by atoms with E-state index in [1.54, 1.807) is 13.8 Å². The van der Waals surface area contributed by atoms with Crippen molar-refractivity contribution in [1.82, 2.24) is 10.1 Å². The second-order valence-corrected chi connectivity index (χ2v) is 6.14. The molecule has 2 aromatic rings. The van der Waals surface area contributed by atoms with Gasteiger partial charge in [0.15, 0.2) is 5.82 Å². The highest BCUT2D eigenvalue weighted by atomic mass is 19.4. The molecule has 1 aromatic heterocycles. The molecule has 0 unspecified atom stereocenters. The maximum Gasteiger partial charge on any atom is 0.416 e. The van der Waals surface area contributed by atoms with Gasteiger partial charge in [0.25, 0.3) is 5.91 Å². The Hall–Kier alpha value is -2.84. The highest BCUT2D eigenvalue weighted by Gasteiger charge is 2.32. The fourth-order valence-corrected chi connectivity index (χ4v) is 2.40. The van der Waals surface area contributed by atoms with Crippen LogP contribution in [0.2, 0.25) is 0 Å². The van der Waals surface area contributed by atoms with Gasteiger partial charge in [0.2, 0.25) is 5.91 Å². The Bertz CT molecular complexity index is 817. The zero-order valence-electron chi connectivity index (χ0n) is 15.1. The van der Waals surface area contributed by atoms with Crippen LogP contribution in [0.5, 0.6) is 0 Å². The van der Waals surface area contributed by atoms with Gasteiger partial charge in [0.1, 0.15) is 12.3 Å². The van der Waals surface area contributed by atoms with Crippen LogP contribution in [0.25, 0.3) is 0 Å². The summed E-state index contributed by atoms with van der Waals surface area (Å²) in [5.41, 5.74) is -1.05. The number of nitrogens with one attached hydrogen (secondary N) is 1. The lowest BCUT2D eigenvalue weighted by Crippen LogP contribution is -2.43. The number of hydrogen-bond donors (Lipinski definition) is 1. The second-order valence-electron chi connectivity index (χ2n) is 6.14. The first kappa shape index (κ1) is 20.5. The van der Waals surface area contributed by atoms with Crippen LogP contribution in [0.4, 0.5) is 19.0 Å². The molecule has 146 valence electrons. The molecule has 2 rings (SSSR count). The molecule has 0 spiro atoms. The molecule has 0 aliphatic rings. The zero-order valence-corrected chi connectivity index (χ0v) is 15.1. The van der Waals surface area contributed by atoms with Crippen molar-refractivity contribution in [3.8, 4) is 0 Å². The van der Waals surface area contributed by atoms with Gasteiger partial charge in [0, 0.05) is 17.7 Å². The van der Waals surface area contributed by atoms with E-state index >= 15 is 0 Å². The van der Waals surface area contributed by atoms with E-state index in [1.807, 2.05) is 6.92 Å². The quantitative estimate of drug-likeness (QED) is 0.821. The summed E-state index contributed by atoms with van der Waals surface area (Å²) in [6.07, 6.45) is -4.03. The molecule has 1 N–H and O–H groups in total. The summed E-state index contributed by atoms with van der Waals surface area (Å²) in [5, 5.41) is 6.13. The van der Waals surface area contributed by atoms with Gasteiger partial charge in [-0.3, -0.25) is 9.59 Å². The summed E-state index contributed by atoms with van der Waals surface area (Å²) >= 11 is 0. The SMILES string of the molecule is CC[C@@H](C)N(CC(=O)Nc1cc(C)on1)C(=O)c1cccc(C(F)(F)F)c1. The Morgan fingerprint density at radius 1 is 1.30 bits per heavy atom. The number of nitrogens with zero attached hydrogens (tertiary/aromatic N) is 2. The topological polar surface area (TPSA) is 75.4 Å². The van der Waals surface area contributed by atoms with Crippen LogP contribution >= 0.6 is 0 Å². The maximum atomic E-state index is 12.9. The predicted molar refractivity (Wildman–Crippen MR) is 92.1 cm³/mol. The molecule has 0 saturated carbocycles. The van der Waals surface area contributed by atoms with Crippen LogP contribution in [-0.2, 0) is 11.0 Å². The molecule has 0 fully saturated rings. The summed E-state index contributed by atoms with van der Waals surface area (Å²) in [7, 11) is 0. The molecule has 27 heavy (non-hydrogen) atoms. The van der Waals surface area contributed by atoms with Gasteiger partial charge in [0.05, 0.1) is 5.56 Å². The smallest absolute Gasteiger partial charge is 0.360 e. The number of hydrogen-bond acceptors (Lipinski definition) is 4. The first-order valence-electron chi connectivity index (χ1n) is 8.33. The minimum Gasteiger partial charge on any atom is -0.360 e. The van der Waals surface area contributed by atoms with Crippen molar-refractivity contribution in [2.45, 2.75) is 39.4 Å². The largest absolute Gasteiger partial charge is 0.416 e. The fraction of sp³-hybridized carbons (Fsp3) is 0.389. The van der Waals surface area contributed by atoms with E-state index in [4.69, 9.17) is 4.52 Å². The molecular formula is C18H20F3N3O3. The number of rotatable bonds is 6. The van der Waals surface area contributed by atoms with Gasteiger partial charge in [-0.1, -0.05) is 18.1 Å². The molecule has 9 heteroatoms. The van der Waals surface area contributed by atoms with E-state index in [0.717, 1.165) is 12.1 Å². The molecule has 2 amide bonds. The van der Waals surface area contributed by atoms with Gasteiger partial charge in [-0.05, 0) is 38.5 Å². The van der Waals surface area contributed by atoms with Gasteiger partial charge < -0.3 is 14.7 Å². The van der Waals surface area contributed by atoms with E-state index in [-0.39, 0.29) is 24.0 Å². The third-order valence-electron chi connectivity index (χ3n) is 4.03. The molecule has 1 aromatic carbocycles. The fourth-order valence-electron chi connectivity index (χ4n) is 2.40. The lowest BCUT2D eigenvalue weighted by molar-refractivity contribution is -0.137. The molecule has 1 atom stereocenters. The Labute approximate surface area is 154 Å². The summed E-state index contributed by atoms with van der Waals surface area (Å²) in [6.45, 7) is 4.87. The Morgan fingerprint density at radius 2 is 2.00 bits per heavy atom. The molecule has 0 radical (unpaired) electrons. The summed E-state index contributed by atoms with van der Waals surface area (Å²) in [5.74, 6) is -0.469. The number of halogens is 3. The van der Waals surface area contributed by atoms with Crippen LogP contribution in [0.1, 0.15) is 41.9 Å². The monoisotopic (exact) mass is 383 g/mol. The number of benzene rings is 1. The Kier molecular flexibility index (Phi) is 6.24. The molecule has 6 nitrogen and oxygen atoms in total. The van der Waals surface area contributed by atoms with E-state index < -0.39 is 23.6 Å². The first-order valence-corrected chi connectivity index (χ1v) is 8.33. The highest BCUT2D eigenvalue weighted by molar-refractivity contribution is 5.99. The standard InChI is InChI=1S/C18H20F3N3O3/c1-4-11(2)24(10-16(25)22-15-8-12(3)27-23-15)17(26)13-6-5-7-14(9-13)18(19,20)21/h5-9,11H,4,10H2,1-3H3,(H,22,23,25)/t11-/m1/s1. The number of carbonyl (C=O) groups excluding carboxylic acids is 2. The van der Waals surface area contributed by atoms with Crippen LogP contribution in [0.3, 0.4) is 0 Å². The third-order valence-corrected chi connectivity index (χ3v) is 4.03. The van der Waals surface area contributed by atoms with Gasteiger partial charge in [-0.2, -0.15) is 13.2 Å². The number of alkyl halides is 3.